The number of aliphatic hydroxyl groups excluding tert-OH is 2. The van der Waals surface area contributed by atoms with E-state index in [9.17, 15) is 19.8 Å². The van der Waals surface area contributed by atoms with Crippen LogP contribution >= 0.6 is 0 Å². The van der Waals surface area contributed by atoms with E-state index in [4.69, 9.17) is 4.74 Å². The van der Waals surface area contributed by atoms with Gasteiger partial charge in [0.25, 0.3) is 0 Å². The lowest BCUT2D eigenvalue weighted by Crippen LogP contribution is -2.43. The van der Waals surface area contributed by atoms with Crippen LogP contribution in [0.2, 0.25) is 0 Å². The van der Waals surface area contributed by atoms with E-state index in [-0.39, 0.29) is 42.7 Å². The number of fused-ring (bicyclic) bond motifs is 1. The SMILES string of the molecule is CCC(C)(C)C(=O)O[C@@H]1C[C@H](C)C=C2C=C[C@H](C)[C@H](CC[C@H](O)C[C@H](O)CC(=O)OC)[C@H]21. The molecular formula is C26H42O6. The van der Waals surface area contributed by atoms with Crippen molar-refractivity contribution < 1.29 is 29.3 Å². The molecule has 2 N–H and O–H groups in total. The Labute approximate surface area is 193 Å². The van der Waals surface area contributed by atoms with Crippen molar-refractivity contribution in [2.75, 3.05) is 7.11 Å². The third kappa shape index (κ3) is 6.92. The second-order valence-corrected chi connectivity index (χ2v) is 10.4. The number of carbonyl (C=O) groups excluding carboxylic acids is 2. The van der Waals surface area contributed by atoms with Crippen LogP contribution in [0.5, 0.6) is 0 Å². The molecule has 0 amide bonds. The molecule has 7 atom stereocenters. The minimum absolute atomic E-state index is 0.106. The Balaban J connectivity index is 2.10. The van der Waals surface area contributed by atoms with Crippen LogP contribution < -0.4 is 0 Å². The van der Waals surface area contributed by atoms with Crippen LogP contribution in [0, 0.1) is 29.1 Å². The molecule has 0 fully saturated rings. The average Bonchev–Trinajstić information content (AvgIpc) is 2.72. The fourth-order valence-corrected chi connectivity index (χ4v) is 4.84. The fourth-order valence-electron chi connectivity index (χ4n) is 4.84. The Hall–Kier alpha value is -1.66. The molecular weight excluding hydrogens is 408 g/mol. The lowest BCUT2D eigenvalue weighted by atomic mass is 9.65. The van der Waals surface area contributed by atoms with Gasteiger partial charge < -0.3 is 19.7 Å². The van der Waals surface area contributed by atoms with Gasteiger partial charge in [-0.1, -0.05) is 39.0 Å². The summed E-state index contributed by atoms with van der Waals surface area (Å²) in [4.78, 5) is 24.2. The summed E-state index contributed by atoms with van der Waals surface area (Å²) in [5.74, 6) is 0.329. The van der Waals surface area contributed by atoms with Gasteiger partial charge in [0, 0.05) is 5.92 Å². The molecule has 0 saturated carbocycles. The Morgan fingerprint density at radius 2 is 1.91 bits per heavy atom. The maximum atomic E-state index is 12.9. The predicted molar refractivity (Wildman–Crippen MR) is 124 cm³/mol. The van der Waals surface area contributed by atoms with Crippen LogP contribution in [-0.4, -0.2) is 47.6 Å². The van der Waals surface area contributed by atoms with Crippen molar-refractivity contribution in [3.05, 3.63) is 23.8 Å². The molecule has 0 bridgehead atoms. The molecule has 2 aliphatic carbocycles. The van der Waals surface area contributed by atoms with Crippen molar-refractivity contribution >= 4 is 11.9 Å². The summed E-state index contributed by atoms with van der Waals surface area (Å²) in [7, 11) is 1.28. The molecule has 6 nitrogen and oxygen atoms in total. The summed E-state index contributed by atoms with van der Waals surface area (Å²) in [6.45, 7) is 10.2. The number of ether oxygens (including phenoxy) is 2. The number of aliphatic hydroxyl groups is 2. The summed E-state index contributed by atoms with van der Waals surface area (Å²) < 4.78 is 10.7. The van der Waals surface area contributed by atoms with Crippen molar-refractivity contribution in [1.29, 1.82) is 0 Å². The zero-order valence-corrected chi connectivity index (χ0v) is 20.5. The molecule has 6 heteroatoms. The third-order valence-electron chi connectivity index (χ3n) is 7.30. The van der Waals surface area contributed by atoms with E-state index < -0.39 is 23.6 Å². The van der Waals surface area contributed by atoms with Crippen LogP contribution in [0.25, 0.3) is 0 Å². The van der Waals surface area contributed by atoms with Crippen molar-refractivity contribution in [3.63, 3.8) is 0 Å². The summed E-state index contributed by atoms with van der Waals surface area (Å²) in [5.41, 5.74) is 0.710. The number of esters is 2. The van der Waals surface area contributed by atoms with Gasteiger partial charge in [-0.25, -0.2) is 0 Å². The van der Waals surface area contributed by atoms with Gasteiger partial charge in [-0.05, 0) is 69.3 Å². The first-order valence-electron chi connectivity index (χ1n) is 12.0. The maximum Gasteiger partial charge on any atom is 0.311 e. The minimum atomic E-state index is -0.919. The molecule has 0 heterocycles. The predicted octanol–water partition coefficient (Wildman–Crippen LogP) is 4.19. The van der Waals surface area contributed by atoms with E-state index in [1.54, 1.807) is 0 Å². The Kier molecular flexibility index (Phi) is 9.53. The molecule has 0 aromatic carbocycles. The van der Waals surface area contributed by atoms with Crippen LogP contribution in [0.15, 0.2) is 23.8 Å². The quantitative estimate of drug-likeness (QED) is 0.485. The van der Waals surface area contributed by atoms with Gasteiger partial charge in [0.05, 0.1) is 31.2 Å². The van der Waals surface area contributed by atoms with E-state index in [1.807, 2.05) is 20.8 Å². The lowest BCUT2D eigenvalue weighted by Gasteiger charge is -2.44. The van der Waals surface area contributed by atoms with E-state index in [0.29, 0.717) is 12.3 Å². The summed E-state index contributed by atoms with van der Waals surface area (Å²) in [6.07, 6.45) is 7.67. The number of hydrogen-bond acceptors (Lipinski definition) is 6. The van der Waals surface area contributed by atoms with Gasteiger partial charge in [0.2, 0.25) is 0 Å². The first-order chi connectivity index (χ1) is 15.0. The third-order valence-corrected chi connectivity index (χ3v) is 7.30. The van der Waals surface area contributed by atoms with Crippen LogP contribution in [0.3, 0.4) is 0 Å². The van der Waals surface area contributed by atoms with Crippen molar-refractivity contribution in [3.8, 4) is 0 Å². The Morgan fingerprint density at radius 3 is 2.53 bits per heavy atom. The average molecular weight is 451 g/mol. The first kappa shape index (κ1) is 26.6. The topological polar surface area (TPSA) is 93.1 Å². The zero-order chi connectivity index (χ0) is 24.1. The van der Waals surface area contributed by atoms with Gasteiger partial charge in [-0.3, -0.25) is 9.59 Å². The molecule has 32 heavy (non-hydrogen) atoms. The van der Waals surface area contributed by atoms with Crippen molar-refractivity contribution in [1.82, 2.24) is 0 Å². The van der Waals surface area contributed by atoms with Gasteiger partial charge in [-0.2, -0.15) is 0 Å². The fraction of sp³-hybridized carbons (Fsp3) is 0.769. The van der Waals surface area contributed by atoms with Crippen molar-refractivity contribution in [2.24, 2.45) is 29.1 Å². The molecule has 0 aromatic heterocycles. The number of carbonyl (C=O) groups is 2. The standard InChI is InChI=1S/C26H42O6/c1-7-26(4,5)25(30)32-22-13-16(2)12-18-9-8-17(3)21(24(18)22)11-10-19(27)14-20(28)15-23(29)31-6/h8-9,12,16-17,19-22,24,27-28H,7,10-11,13-15H2,1-6H3/t16-,17+,19+,20+,21+,22-,24+/m1/s1. The molecule has 0 radical (unpaired) electrons. The molecule has 0 spiro atoms. The molecule has 0 unspecified atom stereocenters. The largest absolute Gasteiger partial charge is 0.469 e. The van der Waals surface area contributed by atoms with Crippen molar-refractivity contribution in [2.45, 2.75) is 91.5 Å². The highest BCUT2D eigenvalue weighted by molar-refractivity contribution is 5.76. The van der Waals surface area contributed by atoms with Gasteiger partial charge in [0.15, 0.2) is 0 Å². The van der Waals surface area contributed by atoms with E-state index in [0.717, 1.165) is 19.3 Å². The Morgan fingerprint density at radius 1 is 1.22 bits per heavy atom. The summed E-state index contributed by atoms with van der Waals surface area (Å²) in [5, 5.41) is 20.5. The molecule has 0 saturated heterocycles. The molecule has 2 rings (SSSR count). The lowest BCUT2D eigenvalue weighted by molar-refractivity contribution is -0.164. The highest BCUT2D eigenvalue weighted by Crippen LogP contribution is 2.45. The second kappa shape index (κ2) is 11.5. The van der Waals surface area contributed by atoms with Gasteiger partial charge in [0.1, 0.15) is 6.10 Å². The van der Waals surface area contributed by atoms with E-state index in [2.05, 4.69) is 36.8 Å². The molecule has 0 aromatic rings. The number of methoxy groups -OCH3 is 1. The molecule has 0 aliphatic heterocycles. The first-order valence-corrected chi connectivity index (χ1v) is 12.0. The van der Waals surface area contributed by atoms with Gasteiger partial charge >= 0.3 is 11.9 Å². The van der Waals surface area contributed by atoms with E-state index >= 15 is 0 Å². The number of hydrogen-bond donors (Lipinski definition) is 2. The van der Waals surface area contributed by atoms with E-state index in [1.165, 1.54) is 12.7 Å². The smallest absolute Gasteiger partial charge is 0.311 e. The summed E-state index contributed by atoms with van der Waals surface area (Å²) >= 11 is 0. The zero-order valence-electron chi connectivity index (χ0n) is 20.5. The second-order valence-electron chi connectivity index (χ2n) is 10.4. The molecule has 182 valence electrons. The highest BCUT2D eigenvalue weighted by Gasteiger charge is 2.42. The summed E-state index contributed by atoms with van der Waals surface area (Å²) in [6, 6.07) is 0. The van der Waals surface area contributed by atoms with Crippen LogP contribution in [0.4, 0.5) is 0 Å². The van der Waals surface area contributed by atoms with Gasteiger partial charge in [-0.15, -0.1) is 0 Å². The number of rotatable bonds is 10. The van der Waals surface area contributed by atoms with Crippen LogP contribution in [0.1, 0.15) is 73.1 Å². The molecule has 2 aliphatic rings. The monoisotopic (exact) mass is 450 g/mol. The normalized spacial score (nSPS) is 29.5. The van der Waals surface area contributed by atoms with Crippen LogP contribution in [-0.2, 0) is 19.1 Å². The number of allylic oxidation sites excluding steroid dienone is 3. The highest BCUT2D eigenvalue weighted by atomic mass is 16.5. The minimum Gasteiger partial charge on any atom is -0.469 e. The maximum absolute atomic E-state index is 12.9. The Bertz CT molecular complexity index is 709.